The molecule has 1 amide bonds. The van der Waals surface area contributed by atoms with Crippen LogP contribution in [0.25, 0.3) is 0 Å². The largest absolute Gasteiger partial charge is 0.494 e. The molecule has 0 saturated heterocycles. The number of nitrogens with zero attached hydrogens (tertiary/aromatic N) is 5. The van der Waals surface area contributed by atoms with Crippen LogP contribution in [0.3, 0.4) is 0 Å². The quantitative estimate of drug-likeness (QED) is 0.821. The summed E-state index contributed by atoms with van der Waals surface area (Å²) in [6.45, 7) is 14.8. The first kappa shape index (κ1) is 19.3. The minimum Gasteiger partial charge on any atom is -0.494 e. The van der Waals surface area contributed by atoms with E-state index in [1.807, 2.05) is 50.8 Å². The number of hydrogen-bond donors (Lipinski definition) is 0. The van der Waals surface area contributed by atoms with Crippen LogP contribution in [-0.4, -0.2) is 38.3 Å². The van der Waals surface area contributed by atoms with Gasteiger partial charge in [-0.25, -0.2) is 0 Å². The second-order valence-corrected chi connectivity index (χ2v) is 8.79. The molecule has 0 spiro atoms. The highest BCUT2D eigenvalue weighted by molar-refractivity contribution is 6.05. The summed E-state index contributed by atoms with van der Waals surface area (Å²) >= 11 is 0. The van der Waals surface area contributed by atoms with Gasteiger partial charge in [0.05, 0.1) is 12.1 Å². The van der Waals surface area contributed by atoms with E-state index in [9.17, 15) is 4.79 Å². The SMILES string of the molecule is CCOc1ccc2c(c1)C(C)CC(C)(C)N2C(=O)c1nnn(C(C)(C)C)n1. The van der Waals surface area contributed by atoms with Crippen LogP contribution in [0.4, 0.5) is 5.69 Å². The summed E-state index contributed by atoms with van der Waals surface area (Å²) in [6.07, 6.45) is 0.842. The Labute approximate surface area is 160 Å². The lowest BCUT2D eigenvalue weighted by atomic mass is 9.80. The molecular weight excluding hydrogens is 342 g/mol. The van der Waals surface area contributed by atoms with Gasteiger partial charge in [0.15, 0.2) is 0 Å². The summed E-state index contributed by atoms with van der Waals surface area (Å²) in [5.41, 5.74) is 1.31. The van der Waals surface area contributed by atoms with Crippen molar-refractivity contribution in [1.82, 2.24) is 20.2 Å². The zero-order chi connectivity index (χ0) is 20.0. The van der Waals surface area contributed by atoms with Crippen LogP contribution in [0.5, 0.6) is 5.75 Å². The first-order valence-corrected chi connectivity index (χ1v) is 9.46. The number of hydrogen-bond acceptors (Lipinski definition) is 5. The third-order valence-electron chi connectivity index (χ3n) is 4.90. The fraction of sp³-hybridized carbons (Fsp3) is 0.600. The molecule has 0 bridgehead atoms. The standard InChI is InChI=1S/C20H29N5O2/c1-8-27-14-9-10-16-15(11-14)13(2)12-20(6,7)24(16)18(26)17-21-23-25(22-17)19(3,4)5/h9-11,13H,8,12H2,1-7H3. The van der Waals surface area contributed by atoms with Gasteiger partial charge in [-0.15, -0.1) is 10.2 Å². The average molecular weight is 371 g/mol. The number of tetrazole rings is 1. The maximum Gasteiger partial charge on any atom is 0.300 e. The van der Waals surface area contributed by atoms with Gasteiger partial charge in [0.25, 0.3) is 11.7 Å². The number of carbonyl (C=O) groups is 1. The first-order chi connectivity index (χ1) is 12.5. The minimum absolute atomic E-state index is 0.118. The third kappa shape index (κ3) is 3.55. The van der Waals surface area contributed by atoms with Gasteiger partial charge >= 0.3 is 0 Å². The smallest absolute Gasteiger partial charge is 0.300 e. The third-order valence-corrected chi connectivity index (χ3v) is 4.90. The topological polar surface area (TPSA) is 73.1 Å². The molecule has 27 heavy (non-hydrogen) atoms. The number of carbonyl (C=O) groups excluding carboxylic acids is 1. The Kier molecular flexibility index (Phi) is 4.74. The molecule has 3 rings (SSSR count). The zero-order valence-corrected chi connectivity index (χ0v) is 17.3. The molecule has 0 saturated carbocycles. The van der Waals surface area contributed by atoms with Gasteiger partial charge in [0.2, 0.25) is 0 Å². The Bertz CT molecular complexity index is 850. The molecule has 0 aliphatic carbocycles. The molecule has 7 heteroatoms. The van der Waals surface area contributed by atoms with Crippen molar-refractivity contribution < 1.29 is 9.53 Å². The van der Waals surface area contributed by atoms with Crippen LogP contribution in [-0.2, 0) is 5.54 Å². The van der Waals surface area contributed by atoms with E-state index in [1.54, 1.807) is 0 Å². The number of anilines is 1. The molecule has 1 aliphatic rings. The van der Waals surface area contributed by atoms with Crippen molar-refractivity contribution in [2.75, 3.05) is 11.5 Å². The molecule has 1 aromatic heterocycles. The molecule has 1 unspecified atom stereocenters. The van der Waals surface area contributed by atoms with Crippen molar-refractivity contribution in [3.8, 4) is 5.75 Å². The zero-order valence-electron chi connectivity index (χ0n) is 17.3. The van der Waals surface area contributed by atoms with Crippen molar-refractivity contribution in [2.24, 2.45) is 0 Å². The summed E-state index contributed by atoms with van der Waals surface area (Å²) < 4.78 is 5.65. The van der Waals surface area contributed by atoms with Gasteiger partial charge in [0, 0.05) is 11.2 Å². The summed E-state index contributed by atoms with van der Waals surface area (Å²) in [4.78, 5) is 16.6. The maximum atomic E-state index is 13.4. The lowest BCUT2D eigenvalue weighted by molar-refractivity contribution is 0.0942. The van der Waals surface area contributed by atoms with Gasteiger partial charge in [-0.05, 0) is 82.9 Å². The predicted octanol–water partition coefficient (Wildman–Crippen LogP) is 3.76. The maximum absolute atomic E-state index is 13.4. The molecule has 2 heterocycles. The summed E-state index contributed by atoms with van der Waals surface area (Å²) in [6, 6.07) is 5.92. The number of amides is 1. The van der Waals surface area contributed by atoms with Crippen LogP contribution in [0, 0.1) is 0 Å². The summed E-state index contributed by atoms with van der Waals surface area (Å²) in [5.74, 6) is 1.03. The van der Waals surface area contributed by atoms with E-state index in [1.165, 1.54) is 4.80 Å². The molecule has 2 aromatic rings. The van der Waals surface area contributed by atoms with Crippen LogP contribution in [0.1, 0.15) is 77.0 Å². The Morgan fingerprint density at radius 3 is 2.63 bits per heavy atom. The van der Waals surface area contributed by atoms with Gasteiger partial charge < -0.3 is 4.74 Å². The molecule has 146 valence electrons. The van der Waals surface area contributed by atoms with Crippen molar-refractivity contribution in [1.29, 1.82) is 0 Å². The van der Waals surface area contributed by atoms with E-state index in [0.29, 0.717) is 12.5 Å². The number of fused-ring (bicyclic) bond motifs is 1. The van der Waals surface area contributed by atoms with Crippen molar-refractivity contribution in [2.45, 2.75) is 71.9 Å². The highest BCUT2D eigenvalue weighted by atomic mass is 16.5. The first-order valence-electron chi connectivity index (χ1n) is 9.46. The molecule has 1 aromatic carbocycles. The Hall–Kier alpha value is -2.44. The molecule has 0 fully saturated rings. The molecule has 1 atom stereocenters. The van der Waals surface area contributed by atoms with Gasteiger partial charge in [-0.2, -0.15) is 4.80 Å². The molecule has 7 nitrogen and oxygen atoms in total. The predicted molar refractivity (Wildman–Crippen MR) is 104 cm³/mol. The monoisotopic (exact) mass is 371 g/mol. The average Bonchev–Trinajstić information content (AvgIpc) is 3.05. The Balaban J connectivity index is 2.04. The fourth-order valence-corrected chi connectivity index (χ4v) is 3.73. The number of ether oxygens (including phenoxy) is 1. The fourth-order valence-electron chi connectivity index (χ4n) is 3.73. The lowest BCUT2D eigenvalue weighted by Gasteiger charge is -2.45. The van der Waals surface area contributed by atoms with Crippen LogP contribution < -0.4 is 9.64 Å². The van der Waals surface area contributed by atoms with Crippen LogP contribution in [0.2, 0.25) is 0 Å². The normalized spacial score (nSPS) is 18.9. The van der Waals surface area contributed by atoms with Gasteiger partial charge in [-0.3, -0.25) is 9.69 Å². The number of aromatic nitrogens is 4. The van der Waals surface area contributed by atoms with E-state index in [-0.39, 0.29) is 22.8 Å². The molecule has 0 radical (unpaired) electrons. The lowest BCUT2D eigenvalue weighted by Crippen LogP contribution is -2.52. The van der Waals surface area contributed by atoms with E-state index < -0.39 is 0 Å². The highest BCUT2D eigenvalue weighted by Gasteiger charge is 2.42. The second-order valence-electron chi connectivity index (χ2n) is 8.79. The summed E-state index contributed by atoms with van der Waals surface area (Å²) in [5, 5.41) is 12.4. The van der Waals surface area contributed by atoms with Gasteiger partial charge in [-0.1, -0.05) is 6.92 Å². The van der Waals surface area contributed by atoms with E-state index >= 15 is 0 Å². The number of benzene rings is 1. The Morgan fingerprint density at radius 1 is 1.33 bits per heavy atom. The van der Waals surface area contributed by atoms with Crippen LogP contribution in [0.15, 0.2) is 18.2 Å². The van der Waals surface area contributed by atoms with Gasteiger partial charge in [0.1, 0.15) is 5.75 Å². The molecular formula is C20H29N5O2. The Morgan fingerprint density at radius 2 is 2.04 bits per heavy atom. The highest BCUT2D eigenvalue weighted by Crippen LogP contribution is 2.45. The summed E-state index contributed by atoms with van der Waals surface area (Å²) in [7, 11) is 0. The van der Waals surface area contributed by atoms with Crippen molar-refractivity contribution >= 4 is 11.6 Å². The van der Waals surface area contributed by atoms with E-state index in [2.05, 4.69) is 36.2 Å². The van der Waals surface area contributed by atoms with Crippen LogP contribution >= 0.6 is 0 Å². The number of rotatable bonds is 3. The second kappa shape index (κ2) is 6.62. The van der Waals surface area contributed by atoms with Crippen molar-refractivity contribution in [3.05, 3.63) is 29.6 Å². The molecule has 0 N–H and O–H groups in total. The van der Waals surface area contributed by atoms with E-state index in [0.717, 1.165) is 23.4 Å². The minimum atomic E-state index is -0.357. The van der Waals surface area contributed by atoms with Crippen molar-refractivity contribution in [3.63, 3.8) is 0 Å². The molecule has 1 aliphatic heterocycles. The van der Waals surface area contributed by atoms with E-state index in [4.69, 9.17) is 4.74 Å².